The van der Waals surface area contributed by atoms with E-state index in [4.69, 9.17) is 8.94 Å². The van der Waals surface area contributed by atoms with Crippen LogP contribution >= 0.6 is 7.60 Å². The molecule has 2 aromatic rings. The highest BCUT2D eigenvalue weighted by molar-refractivity contribution is 7.61. The van der Waals surface area contributed by atoms with Crippen molar-refractivity contribution in [2.45, 2.75) is 58.9 Å². The Balaban J connectivity index is 2.06. The summed E-state index contributed by atoms with van der Waals surface area (Å²) in [6, 6.07) is 7.08. The number of hydrogen-bond donors (Lipinski definition) is 4. The lowest BCUT2D eigenvalue weighted by molar-refractivity contribution is -0.168. The third-order valence-electron chi connectivity index (χ3n) is 6.05. The van der Waals surface area contributed by atoms with Gasteiger partial charge in [0, 0.05) is 12.7 Å². The van der Waals surface area contributed by atoms with E-state index in [1.165, 1.54) is 18.2 Å². The van der Waals surface area contributed by atoms with E-state index in [0.29, 0.717) is 34.8 Å². The summed E-state index contributed by atoms with van der Waals surface area (Å²) >= 11 is 0. The van der Waals surface area contributed by atoms with Crippen molar-refractivity contribution < 1.29 is 38.0 Å². The van der Waals surface area contributed by atoms with Gasteiger partial charge in [-0.05, 0) is 55.7 Å². The quantitative estimate of drug-likeness (QED) is 0.0673. The van der Waals surface area contributed by atoms with E-state index in [-0.39, 0.29) is 30.1 Å². The van der Waals surface area contributed by atoms with E-state index in [9.17, 15) is 29.0 Å². The predicted octanol–water partition coefficient (Wildman–Crippen LogP) is 3.34. The van der Waals surface area contributed by atoms with Crippen LogP contribution in [0.5, 0.6) is 0 Å². The van der Waals surface area contributed by atoms with Crippen molar-refractivity contribution >= 4 is 31.1 Å². The van der Waals surface area contributed by atoms with Crippen molar-refractivity contribution in [1.29, 1.82) is 0 Å². The van der Waals surface area contributed by atoms with Crippen molar-refractivity contribution in [2.75, 3.05) is 13.8 Å². The van der Waals surface area contributed by atoms with E-state index < -0.39 is 25.5 Å². The van der Waals surface area contributed by atoms with Gasteiger partial charge in [-0.1, -0.05) is 33.1 Å². The van der Waals surface area contributed by atoms with Gasteiger partial charge >= 0.3 is 7.60 Å². The van der Waals surface area contributed by atoms with Crippen molar-refractivity contribution in [3.8, 4) is 11.3 Å². The molecule has 3 amide bonds. The normalized spacial score (nSPS) is 14.3. The second kappa shape index (κ2) is 14.1. The molecule has 0 spiro atoms. The minimum atomic E-state index is -3.97. The second-order valence-corrected chi connectivity index (χ2v) is 10.6. The minimum absolute atomic E-state index is 0.0142. The number of carbonyl (C=O) groups is 3. The van der Waals surface area contributed by atoms with E-state index in [0.717, 1.165) is 26.4 Å². The molecule has 0 aliphatic heterocycles. The summed E-state index contributed by atoms with van der Waals surface area (Å²) in [5, 5.41) is 15.7. The van der Waals surface area contributed by atoms with E-state index in [2.05, 4.69) is 10.6 Å². The molecule has 0 aliphatic carbocycles. The van der Waals surface area contributed by atoms with Gasteiger partial charge in [0.15, 0.2) is 5.76 Å². The van der Waals surface area contributed by atoms with Crippen LogP contribution in [0.3, 0.4) is 0 Å². The fourth-order valence-corrected chi connectivity index (χ4v) is 4.94. The monoisotopic (exact) mass is 537 g/mol. The van der Waals surface area contributed by atoms with E-state index in [1.807, 2.05) is 6.92 Å². The van der Waals surface area contributed by atoms with Gasteiger partial charge in [-0.2, -0.15) is 0 Å². The first-order chi connectivity index (χ1) is 17.6. The SMILES string of the molecule is CCCCC[C@@H](C(=O)NCNC(=O)c1ccc(-c2cc(C)cc(P(=O)(O)OC)c2)o1)[C@@H](CC)N(O)C=O. The number of hydroxylamine groups is 2. The van der Waals surface area contributed by atoms with E-state index >= 15 is 0 Å². The number of nitrogens with one attached hydrogen (secondary N) is 2. The van der Waals surface area contributed by atoms with Crippen molar-refractivity contribution in [3.63, 3.8) is 0 Å². The Bertz CT molecular complexity index is 1120. The second-order valence-electron chi connectivity index (χ2n) is 8.71. The van der Waals surface area contributed by atoms with E-state index in [1.54, 1.807) is 26.0 Å². The molecule has 204 valence electrons. The number of aryl methyl sites for hydroxylation is 1. The molecule has 11 nitrogen and oxygen atoms in total. The van der Waals surface area contributed by atoms with Gasteiger partial charge in [0.05, 0.1) is 23.9 Å². The summed E-state index contributed by atoms with van der Waals surface area (Å²) in [5.74, 6) is -1.30. The summed E-state index contributed by atoms with van der Waals surface area (Å²) in [7, 11) is -2.82. The van der Waals surface area contributed by atoms with Crippen LogP contribution < -0.4 is 15.9 Å². The number of nitrogens with zero attached hydrogens (tertiary/aromatic N) is 1. The first-order valence-corrected chi connectivity index (χ1v) is 13.7. The van der Waals surface area contributed by atoms with Crippen LogP contribution in [0.4, 0.5) is 0 Å². The van der Waals surface area contributed by atoms with Crippen LogP contribution in [0, 0.1) is 12.8 Å². The van der Waals surface area contributed by atoms with Gasteiger partial charge < -0.3 is 24.5 Å². The zero-order chi connectivity index (χ0) is 27.6. The lowest BCUT2D eigenvalue weighted by Gasteiger charge is -2.29. The number of rotatable bonds is 15. The Morgan fingerprint density at radius 1 is 1.19 bits per heavy atom. The fraction of sp³-hybridized carbons (Fsp3) is 0.480. The Morgan fingerprint density at radius 2 is 1.92 bits per heavy atom. The molecule has 0 aliphatic rings. The predicted molar refractivity (Wildman–Crippen MR) is 137 cm³/mol. The van der Waals surface area contributed by atoms with Crippen LogP contribution in [0.25, 0.3) is 11.3 Å². The number of hydrogen-bond acceptors (Lipinski definition) is 7. The molecule has 12 heteroatoms. The Morgan fingerprint density at radius 3 is 2.54 bits per heavy atom. The van der Waals surface area contributed by atoms with Gasteiger partial charge in [0.25, 0.3) is 5.91 Å². The number of amides is 3. The standard InChI is InChI=1S/C25H36N3O8P/c1-5-7-8-9-20(21(6-2)28(32)16-29)24(30)26-15-27-25(31)23-11-10-22(36-23)18-12-17(3)13-19(14-18)37(33,34)35-4/h10-14,16,20-21,32H,5-9,15H2,1-4H3,(H,26,30)(H,27,31)(H,33,34)/t20-,21-/m1/s1. The molecule has 0 fully saturated rings. The van der Waals surface area contributed by atoms with Gasteiger partial charge in [-0.15, -0.1) is 0 Å². The zero-order valence-electron chi connectivity index (χ0n) is 21.6. The molecular weight excluding hydrogens is 501 g/mol. The first kappa shape index (κ1) is 30.2. The highest BCUT2D eigenvalue weighted by atomic mass is 31.2. The third-order valence-corrected chi connectivity index (χ3v) is 7.45. The smallest absolute Gasteiger partial charge is 0.358 e. The minimum Gasteiger partial charge on any atom is -0.451 e. The number of benzene rings is 1. The number of furan rings is 1. The molecule has 2 rings (SSSR count). The Labute approximate surface area is 216 Å². The lowest BCUT2D eigenvalue weighted by atomic mass is 9.90. The molecule has 1 aromatic heterocycles. The summed E-state index contributed by atoms with van der Waals surface area (Å²) in [4.78, 5) is 46.5. The van der Waals surface area contributed by atoms with Crippen LogP contribution in [0.15, 0.2) is 34.7 Å². The average Bonchev–Trinajstić information content (AvgIpc) is 3.38. The highest BCUT2D eigenvalue weighted by Crippen LogP contribution is 2.40. The molecule has 0 radical (unpaired) electrons. The van der Waals surface area contributed by atoms with Gasteiger partial charge in [0.1, 0.15) is 5.76 Å². The van der Waals surface area contributed by atoms with Crippen LogP contribution in [-0.2, 0) is 18.7 Å². The van der Waals surface area contributed by atoms with Crippen LogP contribution in [-0.4, -0.2) is 53.2 Å². The summed E-state index contributed by atoms with van der Waals surface area (Å²) in [6.45, 7) is 5.39. The topological polar surface area (TPSA) is 158 Å². The molecular formula is C25H36N3O8P. The average molecular weight is 538 g/mol. The Kier molecular flexibility index (Phi) is 11.5. The summed E-state index contributed by atoms with van der Waals surface area (Å²) < 4.78 is 22.6. The maximum Gasteiger partial charge on any atom is 0.358 e. The van der Waals surface area contributed by atoms with Crippen LogP contribution in [0.1, 0.15) is 62.1 Å². The van der Waals surface area contributed by atoms with Gasteiger partial charge in [-0.3, -0.25) is 24.2 Å². The van der Waals surface area contributed by atoms with Crippen molar-refractivity contribution in [2.24, 2.45) is 5.92 Å². The molecule has 3 atom stereocenters. The maximum absolute atomic E-state index is 12.8. The van der Waals surface area contributed by atoms with Crippen molar-refractivity contribution in [1.82, 2.24) is 15.7 Å². The summed E-state index contributed by atoms with van der Waals surface area (Å²) in [5.41, 5.74) is 1.21. The molecule has 0 saturated carbocycles. The number of carbonyl (C=O) groups excluding carboxylic acids is 3. The molecule has 4 N–H and O–H groups in total. The van der Waals surface area contributed by atoms with Crippen LogP contribution in [0.2, 0.25) is 0 Å². The lowest BCUT2D eigenvalue weighted by Crippen LogP contribution is -2.47. The largest absolute Gasteiger partial charge is 0.451 e. The third kappa shape index (κ3) is 8.26. The molecule has 0 saturated heterocycles. The van der Waals surface area contributed by atoms with Gasteiger partial charge in [0.2, 0.25) is 12.3 Å². The van der Waals surface area contributed by atoms with Gasteiger partial charge in [-0.25, -0.2) is 5.06 Å². The molecule has 1 unspecified atom stereocenters. The molecule has 1 heterocycles. The number of unbranched alkanes of at least 4 members (excludes halogenated alkanes) is 2. The van der Waals surface area contributed by atoms with Crippen molar-refractivity contribution in [3.05, 3.63) is 41.7 Å². The first-order valence-electron chi connectivity index (χ1n) is 12.2. The molecule has 0 bridgehead atoms. The zero-order valence-corrected chi connectivity index (χ0v) is 22.5. The molecule has 1 aromatic carbocycles. The maximum atomic E-state index is 12.8. The summed E-state index contributed by atoms with van der Waals surface area (Å²) in [6.07, 6.45) is 3.79. The highest BCUT2D eigenvalue weighted by Gasteiger charge is 2.30. The fourth-order valence-electron chi connectivity index (χ4n) is 4.07. The Hall–Kier alpha value is -2.98. The molecule has 37 heavy (non-hydrogen) atoms.